The number of carbonyl (C=O) groups is 1. The normalized spacial score (nSPS) is 10.1. The molecule has 0 saturated carbocycles. The van der Waals surface area contributed by atoms with E-state index in [1.807, 2.05) is 6.07 Å². The number of Topliss-reactive ketones (excluding diaryl/α,β-unsaturated/α-hetero) is 1. The van der Waals surface area contributed by atoms with Gasteiger partial charge in [-0.25, -0.2) is 4.39 Å². The first-order valence-corrected chi connectivity index (χ1v) is 5.49. The van der Waals surface area contributed by atoms with Gasteiger partial charge in [0.25, 0.3) is 0 Å². The van der Waals surface area contributed by atoms with E-state index in [2.05, 4.69) is 4.98 Å². The molecule has 0 amide bonds. The molecule has 0 spiro atoms. The van der Waals surface area contributed by atoms with Crippen LogP contribution in [-0.2, 0) is 6.61 Å². The van der Waals surface area contributed by atoms with Crippen molar-refractivity contribution >= 4 is 5.78 Å². The van der Waals surface area contributed by atoms with Gasteiger partial charge in [-0.15, -0.1) is 0 Å². The summed E-state index contributed by atoms with van der Waals surface area (Å²) in [5, 5.41) is 0. The summed E-state index contributed by atoms with van der Waals surface area (Å²) in [6, 6.07) is 7.82. The molecular weight excluding hydrogens is 233 g/mol. The van der Waals surface area contributed by atoms with E-state index < -0.39 is 5.82 Å². The summed E-state index contributed by atoms with van der Waals surface area (Å²) >= 11 is 0. The molecule has 3 nitrogen and oxygen atoms in total. The highest BCUT2D eigenvalue weighted by Crippen LogP contribution is 2.19. The summed E-state index contributed by atoms with van der Waals surface area (Å²) in [6.07, 6.45) is 3.31. The van der Waals surface area contributed by atoms with Gasteiger partial charge >= 0.3 is 0 Å². The van der Waals surface area contributed by atoms with Crippen molar-refractivity contribution in [2.45, 2.75) is 13.5 Å². The van der Waals surface area contributed by atoms with Crippen LogP contribution in [0.1, 0.15) is 22.8 Å². The molecule has 0 fully saturated rings. The minimum Gasteiger partial charge on any atom is -0.486 e. The number of carbonyl (C=O) groups excluding carboxylic acids is 1. The maximum absolute atomic E-state index is 13.6. The van der Waals surface area contributed by atoms with E-state index in [0.29, 0.717) is 5.56 Å². The molecule has 2 aromatic rings. The van der Waals surface area contributed by atoms with Gasteiger partial charge in [0.05, 0.1) is 0 Å². The minimum absolute atomic E-state index is 0.129. The van der Waals surface area contributed by atoms with Crippen LogP contribution >= 0.6 is 0 Å². The molecule has 0 aliphatic carbocycles. The molecule has 0 unspecified atom stereocenters. The summed E-state index contributed by atoms with van der Waals surface area (Å²) in [7, 11) is 0. The number of ether oxygens (including phenoxy) is 1. The lowest BCUT2D eigenvalue weighted by molar-refractivity contribution is 0.101. The number of benzene rings is 1. The molecule has 0 radical (unpaired) electrons. The Morgan fingerprint density at radius 3 is 2.83 bits per heavy atom. The van der Waals surface area contributed by atoms with E-state index >= 15 is 0 Å². The number of ketones is 1. The molecule has 18 heavy (non-hydrogen) atoms. The van der Waals surface area contributed by atoms with Crippen LogP contribution in [-0.4, -0.2) is 10.8 Å². The van der Waals surface area contributed by atoms with Gasteiger partial charge in [-0.2, -0.15) is 0 Å². The molecule has 4 heteroatoms. The summed E-state index contributed by atoms with van der Waals surface area (Å²) < 4.78 is 19.0. The van der Waals surface area contributed by atoms with Crippen LogP contribution < -0.4 is 4.74 Å². The highest BCUT2D eigenvalue weighted by molar-refractivity contribution is 5.94. The molecular formula is C14H12FNO2. The van der Waals surface area contributed by atoms with E-state index in [1.165, 1.54) is 19.1 Å². The number of pyridine rings is 1. The van der Waals surface area contributed by atoms with Gasteiger partial charge in [0.15, 0.2) is 17.3 Å². The highest BCUT2D eigenvalue weighted by Gasteiger charge is 2.07. The van der Waals surface area contributed by atoms with Crippen molar-refractivity contribution in [1.29, 1.82) is 0 Å². The van der Waals surface area contributed by atoms with E-state index in [4.69, 9.17) is 4.74 Å². The second-order valence-corrected chi connectivity index (χ2v) is 3.85. The van der Waals surface area contributed by atoms with Gasteiger partial charge in [0.1, 0.15) is 6.61 Å². The zero-order chi connectivity index (χ0) is 13.0. The molecule has 0 saturated heterocycles. The Morgan fingerprint density at radius 2 is 2.22 bits per heavy atom. The van der Waals surface area contributed by atoms with Crippen LogP contribution in [0.4, 0.5) is 4.39 Å². The third-order valence-corrected chi connectivity index (χ3v) is 2.46. The first-order valence-electron chi connectivity index (χ1n) is 5.49. The predicted molar refractivity (Wildman–Crippen MR) is 65.0 cm³/mol. The summed E-state index contributed by atoms with van der Waals surface area (Å²) in [6.45, 7) is 1.63. The molecule has 1 aromatic heterocycles. The van der Waals surface area contributed by atoms with Crippen LogP contribution in [0.2, 0.25) is 0 Å². The first-order chi connectivity index (χ1) is 8.66. The van der Waals surface area contributed by atoms with Gasteiger partial charge in [0.2, 0.25) is 0 Å². The SMILES string of the molecule is CC(=O)c1ccc(OCc2cccnc2)c(F)c1. The van der Waals surface area contributed by atoms with Crippen molar-refractivity contribution in [1.82, 2.24) is 4.98 Å². The zero-order valence-electron chi connectivity index (χ0n) is 9.89. The maximum Gasteiger partial charge on any atom is 0.165 e. The van der Waals surface area contributed by atoms with Crippen molar-refractivity contribution < 1.29 is 13.9 Å². The van der Waals surface area contributed by atoms with E-state index in [-0.39, 0.29) is 18.1 Å². The highest BCUT2D eigenvalue weighted by atomic mass is 19.1. The Labute approximate surface area is 104 Å². The largest absolute Gasteiger partial charge is 0.486 e. The van der Waals surface area contributed by atoms with Crippen LogP contribution in [0.3, 0.4) is 0 Å². The lowest BCUT2D eigenvalue weighted by atomic mass is 10.1. The number of hydrogen-bond acceptors (Lipinski definition) is 3. The van der Waals surface area contributed by atoms with Crippen LogP contribution in [0.15, 0.2) is 42.7 Å². The van der Waals surface area contributed by atoms with Crippen LogP contribution in [0.25, 0.3) is 0 Å². The van der Waals surface area contributed by atoms with Gasteiger partial charge in [-0.3, -0.25) is 9.78 Å². The molecule has 0 aliphatic heterocycles. The predicted octanol–water partition coefficient (Wildman–Crippen LogP) is 3.00. The van der Waals surface area contributed by atoms with E-state index in [9.17, 15) is 9.18 Å². The number of hydrogen-bond donors (Lipinski definition) is 0. The standard InChI is InChI=1S/C14H12FNO2/c1-10(17)12-4-5-14(13(15)7-12)18-9-11-3-2-6-16-8-11/h2-8H,9H2,1H3. The molecule has 1 heterocycles. The van der Waals surface area contributed by atoms with Crippen molar-refractivity contribution in [3.63, 3.8) is 0 Å². The third kappa shape index (κ3) is 2.91. The number of aromatic nitrogens is 1. The zero-order valence-corrected chi connectivity index (χ0v) is 9.89. The average molecular weight is 245 g/mol. The quantitative estimate of drug-likeness (QED) is 0.777. The van der Waals surface area contributed by atoms with Gasteiger partial charge < -0.3 is 4.74 Å². The molecule has 0 N–H and O–H groups in total. The molecule has 0 aliphatic rings. The second kappa shape index (κ2) is 5.40. The Morgan fingerprint density at radius 1 is 1.39 bits per heavy atom. The Bertz CT molecular complexity index is 555. The summed E-state index contributed by atoms with van der Waals surface area (Å²) in [4.78, 5) is 15.0. The molecule has 92 valence electrons. The average Bonchev–Trinajstić information content (AvgIpc) is 2.38. The van der Waals surface area contributed by atoms with Crippen molar-refractivity contribution in [2.75, 3.05) is 0 Å². The maximum atomic E-state index is 13.6. The van der Waals surface area contributed by atoms with Gasteiger partial charge in [0, 0.05) is 23.5 Å². The minimum atomic E-state index is -0.536. The van der Waals surface area contributed by atoms with Crippen molar-refractivity contribution in [3.8, 4) is 5.75 Å². The topological polar surface area (TPSA) is 39.2 Å². The molecule has 1 aromatic carbocycles. The number of halogens is 1. The number of nitrogens with zero attached hydrogens (tertiary/aromatic N) is 1. The van der Waals surface area contributed by atoms with Gasteiger partial charge in [-0.1, -0.05) is 6.07 Å². The Hall–Kier alpha value is -2.23. The number of rotatable bonds is 4. The van der Waals surface area contributed by atoms with E-state index in [0.717, 1.165) is 5.56 Å². The van der Waals surface area contributed by atoms with Gasteiger partial charge in [-0.05, 0) is 31.2 Å². The van der Waals surface area contributed by atoms with Crippen LogP contribution in [0.5, 0.6) is 5.75 Å². The molecule has 2 rings (SSSR count). The summed E-state index contributed by atoms with van der Waals surface area (Å²) in [5.74, 6) is -0.580. The third-order valence-electron chi connectivity index (χ3n) is 2.46. The second-order valence-electron chi connectivity index (χ2n) is 3.85. The molecule has 0 atom stereocenters. The monoisotopic (exact) mass is 245 g/mol. The fourth-order valence-electron chi connectivity index (χ4n) is 1.48. The Balaban J connectivity index is 2.08. The van der Waals surface area contributed by atoms with E-state index in [1.54, 1.807) is 24.5 Å². The fraction of sp³-hybridized carbons (Fsp3) is 0.143. The summed E-state index contributed by atoms with van der Waals surface area (Å²) in [5.41, 5.74) is 1.19. The lowest BCUT2D eigenvalue weighted by Gasteiger charge is -2.07. The first kappa shape index (κ1) is 12.2. The van der Waals surface area contributed by atoms with Crippen molar-refractivity contribution in [2.24, 2.45) is 0 Å². The molecule has 0 bridgehead atoms. The lowest BCUT2D eigenvalue weighted by Crippen LogP contribution is -1.99. The smallest absolute Gasteiger partial charge is 0.165 e. The Kier molecular flexibility index (Phi) is 3.67. The fourth-order valence-corrected chi connectivity index (χ4v) is 1.48. The van der Waals surface area contributed by atoms with Crippen LogP contribution in [0, 0.1) is 5.82 Å². The van der Waals surface area contributed by atoms with Crippen molar-refractivity contribution in [3.05, 3.63) is 59.7 Å².